The summed E-state index contributed by atoms with van der Waals surface area (Å²) < 4.78 is 1.81. The van der Waals surface area contributed by atoms with Gasteiger partial charge in [-0.25, -0.2) is 4.68 Å². The number of amides is 1. The quantitative estimate of drug-likeness (QED) is 0.942. The average Bonchev–Trinajstić information content (AvgIpc) is 3.05. The first-order valence-electron chi connectivity index (χ1n) is 8.11. The number of rotatable bonds is 4. The topological polar surface area (TPSA) is 46.9 Å². The van der Waals surface area contributed by atoms with Gasteiger partial charge in [0.25, 0.3) is 0 Å². The second-order valence-electron chi connectivity index (χ2n) is 6.23. The molecule has 2 atom stereocenters. The zero-order chi connectivity index (χ0) is 15.4. The van der Waals surface area contributed by atoms with Crippen molar-refractivity contribution in [1.29, 1.82) is 0 Å². The highest BCUT2D eigenvalue weighted by atomic mass is 16.1. The third-order valence-corrected chi connectivity index (χ3v) is 4.53. The van der Waals surface area contributed by atoms with Crippen LogP contribution in [-0.4, -0.2) is 21.7 Å². The van der Waals surface area contributed by atoms with Crippen LogP contribution in [0.4, 0.5) is 0 Å². The molecular weight excluding hydrogens is 274 g/mol. The maximum Gasteiger partial charge on any atom is 0.224 e. The number of carbonyl (C=O) groups excluding carboxylic acids is 1. The molecule has 1 amide bonds. The summed E-state index contributed by atoms with van der Waals surface area (Å²) in [5, 5.41) is 7.40. The van der Waals surface area contributed by atoms with E-state index in [4.69, 9.17) is 0 Å². The number of hydrogen-bond donors (Lipinski definition) is 1. The monoisotopic (exact) mass is 297 g/mol. The summed E-state index contributed by atoms with van der Waals surface area (Å²) >= 11 is 0. The van der Waals surface area contributed by atoms with E-state index in [1.54, 1.807) is 6.20 Å². The normalized spacial score (nSPS) is 21.5. The molecule has 0 radical (unpaired) electrons. The molecule has 0 aliphatic heterocycles. The Morgan fingerprint density at radius 3 is 2.73 bits per heavy atom. The van der Waals surface area contributed by atoms with Crippen molar-refractivity contribution < 1.29 is 4.79 Å². The van der Waals surface area contributed by atoms with E-state index in [0.29, 0.717) is 18.4 Å². The van der Waals surface area contributed by atoms with E-state index in [2.05, 4.69) is 17.3 Å². The molecule has 116 valence electrons. The van der Waals surface area contributed by atoms with E-state index in [-0.39, 0.29) is 5.91 Å². The molecule has 1 aliphatic carbocycles. The summed E-state index contributed by atoms with van der Waals surface area (Å²) in [6.07, 6.45) is 8.98. The molecule has 1 aromatic heterocycles. The predicted octanol–water partition coefficient (Wildman–Crippen LogP) is 3.11. The van der Waals surface area contributed by atoms with Crippen LogP contribution >= 0.6 is 0 Å². The Morgan fingerprint density at radius 2 is 2.05 bits per heavy atom. The van der Waals surface area contributed by atoms with Gasteiger partial charge in [0.05, 0.1) is 12.1 Å². The SMILES string of the molecule is C[C@H]1CCCC[C@@H]1NC(=O)Cc1ccc(-n2cccn2)cc1. The summed E-state index contributed by atoms with van der Waals surface area (Å²) in [5.74, 6) is 0.727. The molecule has 0 bridgehead atoms. The van der Waals surface area contributed by atoms with Gasteiger partial charge in [-0.3, -0.25) is 4.79 Å². The number of aromatic nitrogens is 2. The van der Waals surface area contributed by atoms with Crippen molar-refractivity contribution in [2.45, 2.75) is 45.1 Å². The molecule has 0 unspecified atom stereocenters. The molecule has 2 aromatic rings. The third-order valence-electron chi connectivity index (χ3n) is 4.53. The van der Waals surface area contributed by atoms with Crippen LogP contribution in [0.5, 0.6) is 0 Å². The molecule has 1 N–H and O–H groups in total. The Morgan fingerprint density at radius 1 is 1.27 bits per heavy atom. The number of carbonyl (C=O) groups is 1. The van der Waals surface area contributed by atoms with Crippen LogP contribution in [0.3, 0.4) is 0 Å². The molecular formula is C18H23N3O. The van der Waals surface area contributed by atoms with Gasteiger partial charge in [0, 0.05) is 18.4 Å². The van der Waals surface area contributed by atoms with Crippen molar-refractivity contribution in [3.8, 4) is 5.69 Å². The minimum absolute atomic E-state index is 0.130. The molecule has 1 aromatic carbocycles. The van der Waals surface area contributed by atoms with Gasteiger partial charge in [-0.15, -0.1) is 0 Å². The van der Waals surface area contributed by atoms with E-state index in [1.807, 2.05) is 41.2 Å². The van der Waals surface area contributed by atoms with Crippen molar-refractivity contribution >= 4 is 5.91 Å². The number of nitrogens with zero attached hydrogens (tertiary/aromatic N) is 2. The molecule has 1 heterocycles. The fourth-order valence-corrected chi connectivity index (χ4v) is 3.16. The lowest BCUT2D eigenvalue weighted by molar-refractivity contribution is -0.121. The van der Waals surface area contributed by atoms with Crippen molar-refractivity contribution in [3.63, 3.8) is 0 Å². The van der Waals surface area contributed by atoms with Gasteiger partial charge >= 0.3 is 0 Å². The van der Waals surface area contributed by atoms with Crippen molar-refractivity contribution in [2.75, 3.05) is 0 Å². The predicted molar refractivity (Wildman–Crippen MR) is 86.8 cm³/mol. The first kappa shape index (κ1) is 14.8. The van der Waals surface area contributed by atoms with Gasteiger partial charge in [-0.05, 0) is 42.5 Å². The zero-order valence-corrected chi connectivity index (χ0v) is 13.0. The maximum absolute atomic E-state index is 12.2. The lowest BCUT2D eigenvalue weighted by Crippen LogP contribution is -2.41. The lowest BCUT2D eigenvalue weighted by atomic mass is 9.86. The van der Waals surface area contributed by atoms with Crippen LogP contribution in [0, 0.1) is 5.92 Å². The standard InChI is InChI=1S/C18H23N3O/c1-14-5-2-3-6-17(14)20-18(22)13-15-7-9-16(10-8-15)21-12-4-11-19-21/h4,7-12,14,17H,2-3,5-6,13H2,1H3,(H,20,22)/t14-,17-/m0/s1. The van der Waals surface area contributed by atoms with Gasteiger partial charge in [-0.2, -0.15) is 5.10 Å². The lowest BCUT2D eigenvalue weighted by Gasteiger charge is -2.29. The highest BCUT2D eigenvalue weighted by molar-refractivity contribution is 5.79. The molecule has 1 fully saturated rings. The van der Waals surface area contributed by atoms with Crippen molar-refractivity contribution in [2.24, 2.45) is 5.92 Å². The fraction of sp³-hybridized carbons (Fsp3) is 0.444. The number of hydrogen-bond acceptors (Lipinski definition) is 2. The molecule has 4 heteroatoms. The van der Waals surface area contributed by atoms with E-state index >= 15 is 0 Å². The summed E-state index contributed by atoms with van der Waals surface area (Å²) in [7, 11) is 0. The number of nitrogens with one attached hydrogen (secondary N) is 1. The van der Waals surface area contributed by atoms with Crippen LogP contribution in [0.15, 0.2) is 42.7 Å². The highest BCUT2D eigenvalue weighted by Crippen LogP contribution is 2.23. The van der Waals surface area contributed by atoms with Crippen molar-refractivity contribution in [3.05, 3.63) is 48.3 Å². The van der Waals surface area contributed by atoms with Gasteiger partial charge in [-0.1, -0.05) is 31.9 Å². The highest BCUT2D eigenvalue weighted by Gasteiger charge is 2.22. The zero-order valence-electron chi connectivity index (χ0n) is 13.0. The summed E-state index contributed by atoms with van der Waals surface area (Å²) in [4.78, 5) is 12.2. The smallest absolute Gasteiger partial charge is 0.224 e. The second kappa shape index (κ2) is 6.77. The molecule has 0 spiro atoms. The number of benzene rings is 1. The Hall–Kier alpha value is -2.10. The summed E-state index contributed by atoms with van der Waals surface area (Å²) in [6, 6.07) is 10.2. The molecule has 22 heavy (non-hydrogen) atoms. The van der Waals surface area contributed by atoms with E-state index in [9.17, 15) is 4.79 Å². The molecule has 1 aliphatic rings. The van der Waals surface area contributed by atoms with Crippen LogP contribution in [0.25, 0.3) is 5.69 Å². The van der Waals surface area contributed by atoms with Gasteiger partial charge < -0.3 is 5.32 Å². The second-order valence-corrected chi connectivity index (χ2v) is 6.23. The summed E-state index contributed by atoms with van der Waals surface area (Å²) in [5.41, 5.74) is 2.05. The van der Waals surface area contributed by atoms with Gasteiger partial charge in [0.1, 0.15) is 0 Å². The minimum Gasteiger partial charge on any atom is -0.353 e. The first-order valence-corrected chi connectivity index (χ1v) is 8.11. The van der Waals surface area contributed by atoms with E-state index in [1.165, 1.54) is 19.3 Å². The van der Waals surface area contributed by atoms with E-state index < -0.39 is 0 Å². The van der Waals surface area contributed by atoms with E-state index in [0.717, 1.165) is 17.7 Å². The average molecular weight is 297 g/mol. The molecule has 4 nitrogen and oxygen atoms in total. The Bertz CT molecular complexity index is 604. The van der Waals surface area contributed by atoms with Crippen LogP contribution in [-0.2, 0) is 11.2 Å². The van der Waals surface area contributed by atoms with Crippen molar-refractivity contribution in [1.82, 2.24) is 15.1 Å². The molecule has 3 rings (SSSR count). The third kappa shape index (κ3) is 3.56. The van der Waals surface area contributed by atoms with Crippen LogP contribution < -0.4 is 5.32 Å². The Kier molecular flexibility index (Phi) is 4.56. The Balaban J connectivity index is 1.57. The van der Waals surface area contributed by atoms with Gasteiger partial charge in [0.2, 0.25) is 5.91 Å². The first-order chi connectivity index (χ1) is 10.7. The summed E-state index contributed by atoms with van der Waals surface area (Å²) in [6.45, 7) is 2.24. The van der Waals surface area contributed by atoms with Crippen LogP contribution in [0.2, 0.25) is 0 Å². The van der Waals surface area contributed by atoms with Crippen LogP contribution in [0.1, 0.15) is 38.2 Å². The molecule has 1 saturated carbocycles. The minimum atomic E-state index is 0.130. The maximum atomic E-state index is 12.2. The Labute approximate surface area is 131 Å². The molecule has 0 saturated heterocycles. The fourth-order valence-electron chi connectivity index (χ4n) is 3.16. The largest absolute Gasteiger partial charge is 0.353 e. The van der Waals surface area contributed by atoms with Gasteiger partial charge in [0.15, 0.2) is 0 Å².